The quantitative estimate of drug-likeness (QED) is 0.809. The van der Waals surface area contributed by atoms with E-state index < -0.39 is 0 Å². The van der Waals surface area contributed by atoms with Crippen molar-refractivity contribution in [2.24, 2.45) is 5.92 Å². The van der Waals surface area contributed by atoms with Gasteiger partial charge >= 0.3 is 0 Å². The number of carbonyl (C=O) groups is 1. The van der Waals surface area contributed by atoms with Crippen LogP contribution in [0.3, 0.4) is 0 Å². The normalized spacial score (nSPS) is 17.0. The van der Waals surface area contributed by atoms with Gasteiger partial charge in [-0.1, -0.05) is 35.5 Å². The van der Waals surface area contributed by atoms with Crippen LogP contribution >= 0.6 is 0 Å². The molecule has 1 fully saturated rings. The lowest BCUT2D eigenvalue weighted by molar-refractivity contribution is -0.134. The summed E-state index contributed by atoms with van der Waals surface area (Å²) in [5, 5.41) is 12.9. The second kappa shape index (κ2) is 6.53. The molecule has 6 nitrogen and oxygen atoms in total. The number of hydrogen-bond donors (Lipinski definition) is 0. The molecule has 1 aromatic heterocycles. The molecule has 0 aliphatic carbocycles. The van der Waals surface area contributed by atoms with E-state index in [2.05, 4.69) is 11.3 Å². The topological polar surface area (TPSA) is 73.4 Å². The van der Waals surface area contributed by atoms with Crippen molar-refractivity contribution in [1.29, 1.82) is 5.26 Å². The van der Waals surface area contributed by atoms with Crippen LogP contribution in [0.2, 0.25) is 0 Å². The van der Waals surface area contributed by atoms with Gasteiger partial charge in [0.15, 0.2) is 12.0 Å². The summed E-state index contributed by atoms with van der Waals surface area (Å²) in [5.74, 6) is 0.575. The monoisotopic (exact) mass is 310 g/mol. The summed E-state index contributed by atoms with van der Waals surface area (Å²) in [4.78, 5) is 15.7. The number of aromatic nitrogens is 1. The minimum Gasteiger partial charge on any atom is -0.359 e. The zero-order valence-electron chi connectivity index (χ0n) is 13.0. The standard InChI is InChI=1S/C17H18N4O2/c1-20(17(22)14-7-8-21(10-14)12-18)11-15-9-16(19-23-15)13-5-3-2-4-6-13/h2-6,9,14H,7-8,10-11H2,1H3. The fourth-order valence-electron chi connectivity index (χ4n) is 2.81. The molecular weight excluding hydrogens is 292 g/mol. The number of amides is 1. The molecule has 6 heteroatoms. The van der Waals surface area contributed by atoms with Crippen LogP contribution in [0.4, 0.5) is 0 Å². The first-order chi connectivity index (χ1) is 11.2. The highest BCUT2D eigenvalue weighted by Gasteiger charge is 2.30. The molecule has 1 aliphatic rings. The Bertz CT molecular complexity index is 720. The van der Waals surface area contributed by atoms with E-state index >= 15 is 0 Å². The summed E-state index contributed by atoms with van der Waals surface area (Å²) >= 11 is 0. The predicted octanol–water partition coefficient (Wildman–Crippen LogP) is 2.10. The van der Waals surface area contributed by atoms with Crippen LogP contribution in [-0.2, 0) is 11.3 Å². The zero-order chi connectivity index (χ0) is 16.2. The molecule has 1 amide bonds. The highest BCUT2D eigenvalue weighted by atomic mass is 16.5. The molecule has 0 saturated carbocycles. The van der Waals surface area contributed by atoms with Crippen LogP contribution in [0.1, 0.15) is 12.2 Å². The minimum atomic E-state index is -0.115. The Morgan fingerprint density at radius 2 is 2.26 bits per heavy atom. The van der Waals surface area contributed by atoms with Crippen molar-refractivity contribution in [1.82, 2.24) is 15.0 Å². The molecule has 0 N–H and O–H groups in total. The Labute approximate surface area is 134 Å². The lowest BCUT2D eigenvalue weighted by atomic mass is 10.1. The fourth-order valence-corrected chi connectivity index (χ4v) is 2.81. The number of benzene rings is 1. The van der Waals surface area contributed by atoms with E-state index in [0.29, 0.717) is 25.4 Å². The largest absolute Gasteiger partial charge is 0.359 e. The summed E-state index contributed by atoms with van der Waals surface area (Å²) in [5.41, 5.74) is 1.75. The Kier molecular flexibility index (Phi) is 4.29. The molecule has 0 bridgehead atoms. The molecule has 23 heavy (non-hydrogen) atoms. The van der Waals surface area contributed by atoms with Crippen LogP contribution in [0, 0.1) is 17.4 Å². The van der Waals surface area contributed by atoms with E-state index in [4.69, 9.17) is 9.78 Å². The first kappa shape index (κ1) is 15.1. The molecule has 1 saturated heterocycles. The van der Waals surface area contributed by atoms with Gasteiger partial charge in [0.05, 0.1) is 12.5 Å². The van der Waals surface area contributed by atoms with Crippen LogP contribution < -0.4 is 0 Å². The molecule has 2 heterocycles. The summed E-state index contributed by atoms with van der Waals surface area (Å²) in [6.07, 6.45) is 2.82. The Balaban J connectivity index is 1.62. The third-order valence-electron chi connectivity index (χ3n) is 4.08. The molecule has 1 aliphatic heterocycles. The summed E-state index contributed by atoms with van der Waals surface area (Å²) in [6, 6.07) is 11.6. The van der Waals surface area contributed by atoms with Gasteiger partial charge in [-0.25, -0.2) is 0 Å². The lowest BCUT2D eigenvalue weighted by Crippen LogP contribution is -2.33. The van der Waals surface area contributed by atoms with E-state index in [9.17, 15) is 4.79 Å². The van der Waals surface area contributed by atoms with Gasteiger partial charge in [-0.15, -0.1) is 0 Å². The molecule has 0 spiro atoms. The van der Waals surface area contributed by atoms with Crippen molar-refractivity contribution in [3.63, 3.8) is 0 Å². The number of nitriles is 1. The van der Waals surface area contributed by atoms with Crippen molar-refractivity contribution >= 4 is 5.91 Å². The highest BCUT2D eigenvalue weighted by Crippen LogP contribution is 2.21. The van der Waals surface area contributed by atoms with Gasteiger partial charge in [0.25, 0.3) is 0 Å². The summed E-state index contributed by atoms with van der Waals surface area (Å²) < 4.78 is 5.34. The predicted molar refractivity (Wildman–Crippen MR) is 83.7 cm³/mol. The number of hydrogen-bond acceptors (Lipinski definition) is 5. The molecule has 118 valence electrons. The van der Waals surface area contributed by atoms with Gasteiger partial charge < -0.3 is 14.3 Å². The maximum Gasteiger partial charge on any atom is 0.227 e. The fraction of sp³-hybridized carbons (Fsp3) is 0.353. The Morgan fingerprint density at radius 3 is 2.96 bits per heavy atom. The van der Waals surface area contributed by atoms with Crippen LogP contribution in [0.5, 0.6) is 0 Å². The van der Waals surface area contributed by atoms with E-state index in [1.54, 1.807) is 16.8 Å². The van der Waals surface area contributed by atoms with Gasteiger partial charge in [-0.2, -0.15) is 5.26 Å². The molecule has 1 atom stereocenters. The van der Waals surface area contributed by atoms with Crippen LogP contribution in [0.15, 0.2) is 40.9 Å². The average Bonchev–Trinajstić information content (AvgIpc) is 3.24. The molecule has 0 radical (unpaired) electrons. The maximum atomic E-state index is 12.4. The third kappa shape index (κ3) is 3.34. The van der Waals surface area contributed by atoms with E-state index in [0.717, 1.165) is 17.7 Å². The Morgan fingerprint density at radius 1 is 1.48 bits per heavy atom. The van der Waals surface area contributed by atoms with E-state index in [1.165, 1.54) is 0 Å². The SMILES string of the molecule is CN(Cc1cc(-c2ccccc2)no1)C(=O)C1CCN(C#N)C1. The molecule has 1 aromatic carbocycles. The molecular formula is C17H18N4O2. The van der Waals surface area contributed by atoms with Gasteiger partial charge in [-0.05, 0) is 6.42 Å². The van der Waals surface area contributed by atoms with Crippen molar-refractivity contribution in [2.45, 2.75) is 13.0 Å². The van der Waals surface area contributed by atoms with Crippen LogP contribution in [0.25, 0.3) is 11.3 Å². The van der Waals surface area contributed by atoms with Crippen LogP contribution in [-0.4, -0.2) is 41.0 Å². The minimum absolute atomic E-state index is 0.0420. The molecule has 1 unspecified atom stereocenters. The maximum absolute atomic E-state index is 12.4. The smallest absolute Gasteiger partial charge is 0.227 e. The number of rotatable bonds is 4. The van der Waals surface area contributed by atoms with Crippen molar-refractivity contribution in [3.8, 4) is 17.5 Å². The van der Waals surface area contributed by atoms with Crippen molar-refractivity contribution in [2.75, 3.05) is 20.1 Å². The average molecular weight is 310 g/mol. The summed E-state index contributed by atoms with van der Waals surface area (Å²) in [6.45, 7) is 1.54. The third-order valence-corrected chi connectivity index (χ3v) is 4.08. The number of carbonyl (C=O) groups excluding carboxylic acids is 1. The lowest BCUT2D eigenvalue weighted by Gasteiger charge is -2.19. The Hall–Kier alpha value is -2.81. The first-order valence-corrected chi connectivity index (χ1v) is 7.58. The second-order valence-electron chi connectivity index (χ2n) is 5.77. The zero-order valence-corrected chi connectivity index (χ0v) is 13.0. The molecule has 3 rings (SSSR count). The highest BCUT2D eigenvalue weighted by molar-refractivity contribution is 5.79. The number of likely N-dealkylation sites (tertiary alicyclic amines) is 1. The van der Waals surface area contributed by atoms with Gasteiger partial charge in [0, 0.05) is 31.8 Å². The van der Waals surface area contributed by atoms with Gasteiger partial charge in [0.1, 0.15) is 5.69 Å². The van der Waals surface area contributed by atoms with Crippen molar-refractivity contribution < 1.29 is 9.32 Å². The van der Waals surface area contributed by atoms with E-state index in [1.807, 2.05) is 36.4 Å². The summed E-state index contributed by atoms with van der Waals surface area (Å²) in [7, 11) is 1.75. The first-order valence-electron chi connectivity index (χ1n) is 7.58. The van der Waals surface area contributed by atoms with Gasteiger partial charge in [-0.3, -0.25) is 4.79 Å². The molecule has 2 aromatic rings. The number of nitrogens with zero attached hydrogens (tertiary/aromatic N) is 4. The van der Waals surface area contributed by atoms with E-state index in [-0.39, 0.29) is 11.8 Å². The van der Waals surface area contributed by atoms with Gasteiger partial charge in [0.2, 0.25) is 5.91 Å². The second-order valence-corrected chi connectivity index (χ2v) is 5.77. The van der Waals surface area contributed by atoms with Crippen molar-refractivity contribution in [3.05, 3.63) is 42.2 Å².